The number of aromatic nitrogens is 2. The first kappa shape index (κ1) is 15.3. The van der Waals surface area contributed by atoms with Gasteiger partial charge in [0, 0.05) is 25.4 Å². The standard InChI is InChI=1S/C18H20F2N4O/c1-10-21-18(22-25-10)24-9-13(12-3-2-4-14(19)15(12)20)17-16(24)11-5-7-23(17)8-6-11/h2-4,11,13,16-17H,5-9H2,1H3/t13-,16-,17-/m1/s1. The number of aryl methyl sites for hydroxylation is 1. The molecule has 4 aliphatic rings. The van der Waals surface area contributed by atoms with Gasteiger partial charge in [-0.05, 0) is 48.6 Å². The Hall–Kier alpha value is -2.02. The maximum atomic E-state index is 14.5. The number of fused-ring (bicyclic) bond motifs is 2. The highest BCUT2D eigenvalue weighted by molar-refractivity contribution is 5.42. The maximum absolute atomic E-state index is 14.5. The van der Waals surface area contributed by atoms with Crippen molar-refractivity contribution >= 4 is 5.95 Å². The largest absolute Gasteiger partial charge is 0.338 e. The van der Waals surface area contributed by atoms with Gasteiger partial charge < -0.3 is 9.42 Å². The van der Waals surface area contributed by atoms with E-state index in [0.29, 0.717) is 29.9 Å². The molecule has 6 rings (SSSR count). The number of hydrogen-bond acceptors (Lipinski definition) is 5. The molecule has 0 radical (unpaired) electrons. The van der Waals surface area contributed by atoms with E-state index in [0.717, 1.165) is 25.9 Å². The van der Waals surface area contributed by atoms with Gasteiger partial charge in [0.25, 0.3) is 5.95 Å². The van der Waals surface area contributed by atoms with Crippen molar-refractivity contribution < 1.29 is 13.3 Å². The minimum Gasteiger partial charge on any atom is -0.338 e. The normalized spacial score (nSPS) is 33.7. The van der Waals surface area contributed by atoms with Crippen molar-refractivity contribution in [2.75, 3.05) is 24.5 Å². The van der Waals surface area contributed by atoms with E-state index in [4.69, 9.17) is 4.52 Å². The van der Waals surface area contributed by atoms with Crippen LogP contribution in [0.2, 0.25) is 0 Å². The molecule has 1 aromatic carbocycles. The second-order valence-electron chi connectivity index (χ2n) is 7.37. The molecule has 5 heterocycles. The molecule has 0 N–H and O–H groups in total. The van der Waals surface area contributed by atoms with Crippen LogP contribution in [0.15, 0.2) is 22.7 Å². The third kappa shape index (κ3) is 2.21. The lowest BCUT2D eigenvalue weighted by molar-refractivity contribution is 0.0348. The Morgan fingerprint density at radius 3 is 2.68 bits per heavy atom. The second-order valence-corrected chi connectivity index (χ2v) is 7.37. The number of piperidine rings is 3. The highest BCUT2D eigenvalue weighted by Gasteiger charge is 2.54. The summed E-state index contributed by atoms with van der Waals surface area (Å²) in [4.78, 5) is 8.99. The third-order valence-corrected chi connectivity index (χ3v) is 6.15. The van der Waals surface area contributed by atoms with Crippen LogP contribution < -0.4 is 4.90 Å². The minimum absolute atomic E-state index is 0.0948. The molecule has 0 saturated carbocycles. The van der Waals surface area contributed by atoms with Gasteiger partial charge in [0.2, 0.25) is 5.89 Å². The molecule has 3 atom stereocenters. The van der Waals surface area contributed by atoms with Gasteiger partial charge in [-0.25, -0.2) is 8.78 Å². The van der Waals surface area contributed by atoms with E-state index < -0.39 is 11.6 Å². The molecule has 2 aromatic rings. The zero-order valence-corrected chi connectivity index (χ0v) is 14.0. The molecule has 5 nitrogen and oxygen atoms in total. The summed E-state index contributed by atoms with van der Waals surface area (Å²) >= 11 is 0. The molecule has 7 heteroatoms. The molecule has 132 valence electrons. The van der Waals surface area contributed by atoms with Gasteiger partial charge in [-0.3, -0.25) is 4.90 Å². The molecule has 0 unspecified atom stereocenters. The van der Waals surface area contributed by atoms with E-state index >= 15 is 0 Å². The average molecular weight is 346 g/mol. The Kier molecular flexibility index (Phi) is 3.35. The zero-order chi connectivity index (χ0) is 17.1. The summed E-state index contributed by atoms with van der Waals surface area (Å²) in [5.41, 5.74) is 0.463. The van der Waals surface area contributed by atoms with E-state index in [1.807, 2.05) is 0 Å². The molecular formula is C18H20F2N4O. The van der Waals surface area contributed by atoms with E-state index in [-0.39, 0.29) is 18.0 Å². The molecule has 4 fully saturated rings. The smallest absolute Gasteiger partial charge is 0.266 e. The first-order valence-electron chi connectivity index (χ1n) is 8.88. The highest BCUT2D eigenvalue weighted by atomic mass is 19.2. The van der Waals surface area contributed by atoms with Gasteiger partial charge in [0.05, 0.1) is 6.04 Å². The molecule has 4 aliphatic heterocycles. The van der Waals surface area contributed by atoms with E-state index in [2.05, 4.69) is 19.9 Å². The van der Waals surface area contributed by atoms with Crippen LogP contribution >= 0.6 is 0 Å². The molecule has 0 amide bonds. The van der Waals surface area contributed by atoms with E-state index in [9.17, 15) is 8.78 Å². The summed E-state index contributed by atoms with van der Waals surface area (Å²) in [5.74, 6) is 0.0331. The van der Waals surface area contributed by atoms with Gasteiger partial charge in [0.15, 0.2) is 11.6 Å². The summed E-state index contributed by atoms with van der Waals surface area (Å²) in [6, 6.07) is 4.89. The summed E-state index contributed by atoms with van der Waals surface area (Å²) in [5, 5.41) is 4.09. The van der Waals surface area contributed by atoms with Crippen molar-refractivity contribution in [1.29, 1.82) is 0 Å². The Bertz CT molecular complexity index is 802. The monoisotopic (exact) mass is 346 g/mol. The van der Waals surface area contributed by atoms with Crippen LogP contribution in [0.4, 0.5) is 14.7 Å². The maximum Gasteiger partial charge on any atom is 0.266 e. The zero-order valence-electron chi connectivity index (χ0n) is 14.0. The number of rotatable bonds is 2. The number of anilines is 1. The van der Waals surface area contributed by atoms with Crippen molar-refractivity contribution in [1.82, 2.24) is 15.0 Å². The van der Waals surface area contributed by atoms with Crippen LogP contribution in [0.5, 0.6) is 0 Å². The van der Waals surface area contributed by atoms with Crippen molar-refractivity contribution in [2.45, 2.75) is 37.8 Å². The van der Waals surface area contributed by atoms with Gasteiger partial charge in [-0.1, -0.05) is 12.1 Å². The third-order valence-electron chi connectivity index (χ3n) is 6.15. The number of nitrogens with zero attached hydrogens (tertiary/aromatic N) is 4. The Balaban J connectivity index is 1.59. The van der Waals surface area contributed by atoms with E-state index in [1.165, 1.54) is 6.07 Å². The van der Waals surface area contributed by atoms with Crippen LogP contribution in [-0.2, 0) is 0 Å². The van der Waals surface area contributed by atoms with Crippen molar-refractivity contribution in [3.8, 4) is 0 Å². The first-order valence-corrected chi connectivity index (χ1v) is 8.88. The fraction of sp³-hybridized carbons (Fsp3) is 0.556. The number of benzene rings is 1. The Morgan fingerprint density at radius 2 is 1.96 bits per heavy atom. The molecular weight excluding hydrogens is 326 g/mol. The molecule has 0 aliphatic carbocycles. The van der Waals surface area contributed by atoms with E-state index in [1.54, 1.807) is 19.1 Å². The minimum atomic E-state index is -0.779. The van der Waals surface area contributed by atoms with Crippen LogP contribution in [0, 0.1) is 24.5 Å². The van der Waals surface area contributed by atoms with Crippen molar-refractivity contribution in [3.63, 3.8) is 0 Å². The Morgan fingerprint density at radius 1 is 1.16 bits per heavy atom. The van der Waals surface area contributed by atoms with Gasteiger partial charge in [-0.15, -0.1) is 0 Å². The van der Waals surface area contributed by atoms with Crippen LogP contribution in [0.25, 0.3) is 0 Å². The van der Waals surface area contributed by atoms with Gasteiger partial charge >= 0.3 is 0 Å². The van der Waals surface area contributed by atoms with Crippen LogP contribution in [0.1, 0.15) is 30.2 Å². The lowest BCUT2D eigenvalue weighted by Gasteiger charge is -2.51. The SMILES string of the molecule is Cc1nc(N2C[C@H](c3cccc(F)c3F)[C@@H]3[C@H]2C2CCN3CC2)no1. The highest BCUT2D eigenvalue weighted by Crippen LogP contribution is 2.47. The van der Waals surface area contributed by atoms with Gasteiger partial charge in [0.1, 0.15) is 0 Å². The second kappa shape index (κ2) is 5.49. The topological polar surface area (TPSA) is 45.4 Å². The van der Waals surface area contributed by atoms with Crippen molar-refractivity contribution in [2.24, 2.45) is 5.92 Å². The molecule has 0 spiro atoms. The molecule has 1 aromatic heterocycles. The molecule has 4 saturated heterocycles. The summed E-state index contributed by atoms with van der Waals surface area (Å²) in [7, 11) is 0. The van der Waals surface area contributed by atoms with Crippen LogP contribution in [0.3, 0.4) is 0 Å². The number of halogens is 2. The first-order chi connectivity index (χ1) is 12.1. The quantitative estimate of drug-likeness (QED) is 0.837. The summed E-state index contributed by atoms with van der Waals surface area (Å²) in [6.07, 6.45) is 2.26. The molecule has 2 bridgehead atoms. The van der Waals surface area contributed by atoms with Crippen molar-refractivity contribution in [3.05, 3.63) is 41.3 Å². The van der Waals surface area contributed by atoms with Gasteiger partial charge in [-0.2, -0.15) is 4.98 Å². The van der Waals surface area contributed by atoms with Crippen LogP contribution in [-0.4, -0.2) is 46.8 Å². The fourth-order valence-electron chi connectivity index (χ4n) is 5.14. The predicted octanol–water partition coefficient (Wildman–Crippen LogP) is 2.72. The predicted molar refractivity (Wildman–Crippen MR) is 87.4 cm³/mol. The summed E-state index contributed by atoms with van der Waals surface area (Å²) in [6.45, 7) is 4.41. The average Bonchev–Trinajstić information content (AvgIpc) is 3.23. The lowest BCUT2D eigenvalue weighted by atomic mass is 9.75. The Labute approximate surface area is 144 Å². The molecule has 25 heavy (non-hydrogen) atoms. The fourth-order valence-corrected chi connectivity index (χ4v) is 5.14. The number of hydrogen-bond donors (Lipinski definition) is 0. The summed E-state index contributed by atoms with van der Waals surface area (Å²) < 4.78 is 33.5. The lowest BCUT2D eigenvalue weighted by Crippen LogP contribution is -2.60.